The normalized spacial score (nSPS) is 11.8. The standard InChI is InChI=1S/C15H10Cl3NO3/c1-8(14(20)9-5-3-2-4-6-9)22-15(21)13-12(18)11(17)10(16)7-19-13/h2-8H,1H3. The lowest BCUT2D eigenvalue weighted by molar-refractivity contribution is 0.0313. The molecule has 0 fully saturated rings. The lowest BCUT2D eigenvalue weighted by Gasteiger charge is -2.13. The van der Waals surface area contributed by atoms with Crippen molar-refractivity contribution in [3.63, 3.8) is 0 Å². The number of carbonyl (C=O) groups is 2. The van der Waals surface area contributed by atoms with Crippen LogP contribution < -0.4 is 0 Å². The molecular formula is C15H10Cl3NO3. The van der Waals surface area contributed by atoms with Gasteiger partial charge >= 0.3 is 5.97 Å². The number of pyridine rings is 1. The maximum Gasteiger partial charge on any atom is 0.359 e. The van der Waals surface area contributed by atoms with Crippen LogP contribution in [0.5, 0.6) is 0 Å². The Bertz CT molecular complexity index is 719. The molecule has 0 amide bonds. The van der Waals surface area contributed by atoms with Crippen molar-refractivity contribution in [3.05, 3.63) is 62.9 Å². The fourth-order valence-corrected chi connectivity index (χ4v) is 2.25. The van der Waals surface area contributed by atoms with Crippen LogP contribution in [0, 0.1) is 0 Å². The second-order valence-electron chi connectivity index (χ2n) is 4.36. The maximum absolute atomic E-state index is 12.1. The number of benzene rings is 1. The van der Waals surface area contributed by atoms with Gasteiger partial charge in [-0.05, 0) is 6.92 Å². The Morgan fingerprint density at radius 2 is 1.73 bits per heavy atom. The van der Waals surface area contributed by atoms with Gasteiger partial charge in [0.15, 0.2) is 11.8 Å². The summed E-state index contributed by atoms with van der Waals surface area (Å²) in [4.78, 5) is 28.0. The number of ketones is 1. The molecule has 22 heavy (non-hydrogen) atoms. The summed E-state index contributed by atoms with van der Waals surface area (Å²) < 4.78 is 5.09. The third-order valence-electron chi connectivity index (χ3n) is 2.82. The van der Waals surface area contributed by atoms with Crippen molar-refractivity contribution in [2.75, 3.05) is 0 Å². The fraction of sp³-hybridized carbons (Fsp3) is 0.133. The Balaban J connectivity index is 2.15. The average Bonchev–Trinajstić information content (AvgIpc) is 2.52. The molecule has 1 aromatic heterocycles. The molecule has 0 aliphatic rings. The van der Waals surface area contributed by atoms with Crippen LogP contribution in [0.2, 0.25) is 15.1 Å². The van der Waals surface area contributed by atoms with Crippen molar-refractivity contribution >= 4 is 46.6 Å². The first kappa shape index (κ1) is 16.7. The van der Waals surface area contributed by atoms with Gasteiger partial charge in [0.2, 0.25) is 5.78 Å². The van der Waals surface area contributed by atoms with Crippen LogP contribution in [0.3, 0.4) is 0 Å². The van der Waals surface area contributed by atoms with E-state index in [1.54, 1.807) is 30.3 Å². The molecular weight excluding hydrogens is 349 g/mol. The summed E-state index contributed by atoms with van der Waals surface area (Å²) in [6.07, 6.45) is 0.206. The van der Waals surface area contributed by atoms with Crippen molar-refractivity contribution in [3.8, 4) is 0 Å². The Labute approximate surface area is 142 Å². The zero-order chi connectivity index (χ0) is 16.3. The molecule has 0 spiro atoms. The number of halogens is 3. The molecule has 0 radical (unpaired) electrons. The summed E-state index contributed by atoms with van der Waals surface area (Å²) in [5.41, 5.74) is 0.250. The highest BCUT2D eigenvalue weighted by Gasteiger charge is 2.24. The molecule has 0 N–H and O–H groups in total. The van der Waals surface area contributed by atoms with Crippen molar-refractivity contribution in [2.24, 2.45) is 0 Å². The number of carbonyl (C=O) groups excluding carboxylic acids is 2. The van der Waals surface area contributed by atoms with Crippen LogP contribution in [0.25, 0.3) is 0 Å². The lowest BCUT2D eigenvalue weighted by Crippen LogP contribution is -2.25. The number of aromatic nitrogens is 1. The van der Waals surface area contributed by atoms with E-state index in [2.05, 4.69) is 4.98 Å². The third-order valence-corrected chi connectivity index (χ3v) is 4.06. The van der Waals surface area contributed by atoms with Gasteiger partial charge in [0.25, 0.3) is 0 Å². The average molecular weight is 359 g/mol. The van der Waals surface area contributed by atoms with Gasteiger partial charge in [-0.1, -0.05) is 65.1 Å². The summed E-state index contributed by atoms with van der Waals surface area (Å²) in [6, 6.07) is 8.50. The molecule has 4 nitrogen and oxygen atoms in total. The Kier molecular flexibility index (Phi) is 5.40. The van der Waals surface area contributed by atoms with Gasteiger partial charge in [0.05, 0.1) is 15.1 Å². The minimum atomic E-state index is -0.984. The van der Waals surface area contributed by atoms with Crippen LogP contribution in [0.4, 0.5) is 0 Å². The topological polar surface area (TPSA) is 56.3 Å². The zero-order valence-corrected chi connectivity index (χ0v) is 13.6. The molecule has 1 heterocycles. The molecule has 1 atom stereocenters. The molecule has 1 unspecified atom stereocenters. The summed E-state index contributed by atoms with van der Waals surface area (Å²) in [6.45, 7) is 1.47. The van der Waals surface area contributed by atoms with Crippen LogP contribution in [-0.2, 0) is 4.74 Å². The van der Waals surface area contributed by atoms with Crippen molar-refractivity contribution in [2.45, 2.75) is 13.0 Å². The highest BCUT2D eigenvalue weighted by Crippen LogP contribution is 2.31. The van der Waals surface area contributed by atoms with Crippen molar-refractivity contribution < 1.29 is 14.3 Å². The largest absolute Gasteiger partial charge is 0.449 e. The van der Waals surface area contributed by atoms with Gasteiger partial charge in [-0.2, -0.15) is 0 Å². The second kappa shape index (κ2) is 7.09. The molecule has 114 valence electrons. The molecule has 2 rings (SSSR count). The molecule has 0 aliphatic carbocycles. The number of hydrogen-bond acceptors (Lipinski definition) is 4. The first-order valence-electron chi connectivity index (χ1n) is 6.21. The number of nitrogens with zero attached hydrogens (tertiary/aromatic N) is 1. The van der Waals surface area contributed by atoms with E-state index in [9.17, 15) is 9.59 Å². The molecule has 0 bridgehead atoms. The van der Waals surface area contributed by atoms with E-state index >= 15 is 0 Å². The van der Waals surface area contributed by atoms with Crippen LogP contribution in [-0.4, -0.2) is 22.8 Å². The monoisotopic (exact) mass is 357 g/mol. The number of rotatable bonds is 4. The van der Waals surface area contributed by atoms with Gasteiger partial charge in [0, 0.05) is 11.8 Å². The van der Waals surface area contributed by atoms with E-state index in [4.69, 9.17) is 39.5 Å². The Morgan fingerprint density at radius 1 is 1.09 bits per heavy atom. The second-order valence-corrected chi connectivity index (χ2v) is 5.52. The first-order valence-corrected chi connectivity index (χ1v) is 7.35. The maximum atomic E-state index is 12.1. The molecule has 1 aromatic carbocycles. The van der Waals surface area contributed by atoms with Crippen molar-refractivity contribution in [1.29, 1.82) is 0 Å². The summed E-state index contributed by atoms with van der Waals surface area (Å²) in [5, 5.41) is 0.0162. The van der Waals surface area contributed by atoms with Gasteiger partial charge in [-0.25, -0.2) is 9.78 Å². The highest BCUT2D eigenvalue weighted by molar-refractivity contribution is 6.48. The van der Waals surface area contributed by atoms with Crippen molar-refractivity contribution in [1.82, 2.24) is 4.98 Å². The van der Waals surface area contributed by atoms with E-state index < -0.39 is 12.1 Å². The number of hydrogen-bond donors (Lipinski definition) is 0. The first-order chi connectivity index (χ1) is 10.4. The summed E-state index contributed by atoms with van der Waals surface area (Å²) in [5.74, 6) is -1.18. The predicted octanol–water partition coefficient (Wildman–Crippen LogP) is 4.47. The van der Waals surface area contributed by atoms with E-state index in [-0.39, 0.29) is 26.5 Å². The summed E-state index contributed by atoms with van der Waals surface area (Å²) >= 11 is 17.5. The SMILES string of the molecule is CC(OC(=O)c1ncc(Cl)c(Cl)c1Cl)C(=O)c1ccccc1. The predicted molar refractivity (Wildman–Crippen MR) is 84.9 cm³/mol. The minimum absolute atomic E-state index is 0.00678. The van der Waals surface area contributed by atoms with Gasteiger partial charge in [0.1, 0.15) is 0 Å². The van der Waals surface area contributed by atoms with Crippen LogP contribution in [0.15, 0.2) is 36.5 Å². The molecule has 7 heteroatoms. The lowest BCUT2D eigenvalue weighted by atomic mass is 10.1. The van der Waals surface area contributed by atoms with Crippen LogP contribution >= 0.6 is 34.8 Å². The Hall–Kier alpha value is -1.62. The van der Waals surface area contributed by atoms with E-state index in [1.807, 2.05) is 0 Å². The molecule has 0 saturated carbocycles. The molecule has 2 aromatic rings. The number of Topliss-reactive ketones (excluding diaryl/α,β-unsaturated/α-hetero) is 1. The number of ether oxygens (including phenoxy) is 1. The van der Waals surface area contributed by atoms with Crippen LogP contribution in [0.1, 0.15) is 27.8 Å². The smallest absolute Gasteiger partial charge is 0.359 e. The minimum Gasteiger partial charge on any atom is -0.449 e. The van der Waals surface area contributed by atoms with Gasteiger partial charge in [-0.3, -0.25) is 4.79 Å². The van der Waals surface area contributed by atoms with Gasteiger partial charge in [-0.15, -0.1) is 0 Å². The number of esters is 1. The zero-order valence-electron chi connectivity index (χ0n) is 11.3. The Morgan fingerprint density at radius 3 is 2.36 bits per heavy atom. The molecule has 0 saturated heterocycles. The fourth-order valence-electron chi connectivity index (χ4n) is 1.69. The summed E-state index contributed by atoms with van der Waals surface area (Å²) in [7, 11) is 0. The van der Waals surface area contributed by atoms with E-state index in [0.29, 0.717) is 5.56 Å². The quantitative estimate of drug-likeness (QED) is 0.597. The molecule has 0 aliphatic heterocycles. The highest BCUT2D eigenvalue weighted by atomic mass is 35.5. The van der Waals surface area contributed by atoms with Gasteiger partial charge < -0.3 is 4.74 Å². The third kappa shape index (κ3) is 3.58. The van der Waals surface area contributed by atoms with E-state index in [0.717, 1.165) is 0 Å². The van der Waals surface area contributed by atoms with E-state index in [1.165, 1.54) is 13.1 Å².